The van der Waals surface area contributed by atoms with E-state index >= 15 is 0 Å². The van der Waals surface area contributed by atoms with Crippen molar-refractivity contribution < 1.29 is 4.74 Å². The van der Waals surface area contributed by atoms with Crippen molar-refractivity contribution in [3.05, 3.63) is 82.1 Å². The SMILES string of the molecule is N#Cc1ccc(C2=C(c3ccc4c(cnn4CC4COC4)c3)SC(CC3CCC(N)CC3)=C=C2)cc1. The van der Waals surface area contributed by atoms with E-state index in [1.165, 1.54) is 28.2 Å². The van der Waals surface area contributed by atoms with Crippen LogP contribution in [0.5, 0.6) is 0 Å². The number of allylic oxidation sites excluding steroid dienone is 2. The van der Waals surface area contributed by atoms with Crippen LogP contribution in [0, 0.1) is 23.2 Å². The van der Waals surface area contributed by atoms with Gasteiger partial charge >= 0.3 is 0 Å². The highest BCUT2D eigenvalue weighted by atomic mass is 32.2. The van der Waals surface area contributed by atoms with Crippen molar-refractivity contribution in [1.82, 2.24) is 9.78 Å². The van der Waals surface area contributed by atoms with Crippen LogP contribution in [0.15, 0.2) is 65.4 Å². The molecule has 2 fully saturated rings. The Balaban J connectivity index is 1.33. The lowest BCUT2D eigenvalue weighted by molar-refractivity contribution is -0.0403. The number of thioether (sulfide) groups is 1. The molecule has 182 valence electrons. The van der Waals surface area contributed by atoms with E-state index in [9.17, 15) is 5.26 Å². The predicted octanol–water partition coefficient (Wildman–Crippen LogP) is 6.12. The zero-order valence-electron chi connectivity index (χ0n) is 20.3. The van der Waals surface area contributed by atoms with Crippen molar-refractivity contribution in [1.29, 1.82) is 5.26 Å². The molecule has 5 nitrogen and oxygen atoms in total. The second-order valence-corrected chi connectivity index (χ2v) is 11.3. The van der Waals surface area contributed by atoms with Gasteiger partial charge in [-0.05, 0) is 79.5 Å². The Labute approximate surface area is 216 Å². The fraction of sp³-hybridized carbons (Fsp3) is 0.367. The summed E-state index contributed by atoms with van der Waals surface area (Å²) in [5.41, 5.74) is 15.0. The molecule has 3 aromatic rings. The fourth-order valence-electron chi connectivity index (χ4n) is 5.34. The molecule has 6 heteroatoms. The molecule has 0 spiro atoms. The number of aromatic nitrogens is 2. The number of hydrogen-bond donors (Lipinski definition) is 1. The first-order chi connectivity index (χ1) is 17.7. The molecule has 1 aromatic heterocycles. The monoisotopic (exact) mass is 494 g/mol. The molecular formula is C30H30N4OS. The lowest BCUT2D eigenvalue weighted by Gasteiger charge is -2.27. The molecule has 1 aliphatic carbocycles. The van der Waals surface area contributed by atoms with Crippen LogP contribution in [0.1, 0.15) is 48.8 Å². The Hall–Kier alpha value is -3.07. The van der Waals surface area contributed by atoms with Gasteiger partial charge in [0.1, 0.15) is 0 Å². The summed E-state index contributed by atoms with van der Waals surface area (Å²) in [5, 5.41) is 15.1. The van der Waals surface area contributed by atoms with E-state index in [2.05, 4.69) is 45.9 Å². The molecule has 3 heterocycles. The summed E-state index contributed by atoms with van der Waals surface area (Å²) in [4.78, 5) is 2.53. The molecule has 36 heavy (non-hydrogen) atoms. The molecule has 0 amide bonds. The number of nitrogens with zero attached hydrogens (tertiary/aromatic N) is 3. The van der Waals surface area contributed by atoms with Crippen LogP contribution >= 0.6 is 11.8 Å². The average molecular weight is 495 g/mol. The van der Waals surface area contributed by atoms with Gasteiger partial charge in [-0.25, -0.2) is 0 Å². The van der Waals surface area contributed by atoms with Gasteiger partial charge in [-0.1, -0.05) is 30.0 Å². The Kier molecular flexibility index (Phi) is 6.56. The Morgan fingerprint density at radius 2 is 1.83 bits per heavy atom. The summed E-state index contributed by atoms with van der Waals surface area (Å²) in [5.74, 6) is 1.24. The van der Waals surface area contributed by atoms with E-state index in [0.717, 1.165) is 61.1 Å². The number of fused-ring (bicyclic) bond motifs is 1. The molecule has 0 bridgehead atoms. The molecule has 0 atom stereocenters. The van der Waals surface area contributed by atoms with E-state index in [4.69, 9.17) is 10.5 Å². The highest BCUT2D eigenvalue weighted by Gasteiger charge is 2.24. The highest BCUT2D eigenvalue weighted by molar-refractivity contribution is 8.12. The van der Waals surface area contributed by atoms with Crippen molar-refractivity contribution >= 4 is 33.1 Å². The number of hydrogen-bond acceptors (Lipinski definition) is 5. The summed E-state index contributed by atoms with van der Waals surface area (Å²) in [6, 6.07) is 17.1. The number of nitrogens with two attached hydrogens (primary N) is 1. The fourth-order valence-corrected chi connectivity index (χ4v) is 6.56. The van der Waals surface area contributed by atoms with Crippen LogP contribution in [-0.4, -0.2) is 29.0 Å². The third-order valence-corrected chi connectivity index (χ3v) is 8.77. The van der Waals surface area contributed by atoms with Crippen LogP contribution in [0.3, 0.4) is 0 Å². The van der Waals surface area contributed by atoms with Crippen LogP contribution in [-0.2, 0) is 11.3 Å². The molecule has 0 radical (unpaired) electrons. The summed E-state index contributed by atoms with van der Waals surface area (Å²) in [6.45, 7) is 2.55. The Morgan fingerprint density at radius 3 is 2.56 bits per heavy atom. The Morgan fingerprint density at radius 1 is 1.06 bits per heavy atom. The van der Waals surface area contributed by atoms with Gasteiger partial charge in [-0.2, -0.15) is 10.4 Å². The first kappa shape index (κ1) is 23.3. The summed E-state index contributed by atoms with van der Waals surface area (Å²) < 4.78 is 7.45. The van der Waals surface area contributed by atoms with Gasteiger partial charge in [-0.15, -0.1) is 5.73 Å². The molecule has 0 unspecified atom stereocenters. The van der Waals surface area contributed by atoms with E-state index in [1.54, 1.807) is 0 Å². The first-order valence-electron chi connectivity index (χ1n) is 12.8. The number of rotatable bonds is 6. The molecule has 1 saturated carbocycles. The van der Waals surface area contributed by atoms with Crippen molar-refractivity contribution in [2.24, 2.45) is 17.6 Å². The van der Waals surface area contributed by atoms with Gasteiger partial charge in [-0.3, -0.25) is 4.68 Å². The Bertz CT molecular complexity index is 1410. The van der Waals surface area contributed by atoms with Crippen LogP contribution < -0.4 is 5.73 Å². The molecule has 3 aliphatic rings. The minimum absolute atomic E-state index is 0.368. The zero-order valence-corrected chi connectivity index (χ0v) is 21.1. The number of nitriles is 1. The standard InChI is InChI=1S/C30H30N4OS/c31-15-21-1-5-23(6-2-21)28-11-10-27(13-20-3-8-26(32)9-4-20)36-30(28)24-7-12-29-25(14-24)16-33-34(29)17-22-18-35-19-22/h1-2,5-7,11-12,14,16,20,22,26H,3-4,8-9,13,17-19,32H2. The number of benzene rings is 2. The molecule has 2 aromatic carbocycles. The second kappa shape index (κ2) is 10.1. The van der Waals surface area contributed by atoms with Gasteiger partial charge in [0.05, 0.1) is 36.6 Å². The average Bonchev–Trinajstić information content (AvgIpc) is 3.29. The van der Waals surface area contributed by atoms with Crippen molar-refractivity contribution in [3.8, 4) is 6.07 Å². The van der Waals surface area contributed by atoms with Gasteiger partial charge in [0.25, 0.3) is 0 Å². The van der Waals surface area contributed by atoms with Gasteiger partial charge in [0.15, 0.2) is 0 Å². The largest absolute Gasteiger partial charge is 0.381 e. The maximum absolute atomic E-state index is 9.24. The first-order valence-corrected chi connectivity index (χ1v) is 13.7. The molecule has 2 N–H and O–H groups in total. The smallest absolute Gasteiger partial charge is 0.0991 e. The van der Waals surface area contributed by atoms with Gasteiger partial charge in [0, 0.05) is 39.3 Å². The van der Waals surface area contributed by atoms with E-state index in [0.29, 0.717) is 23.4 Å². The lowest BCUT2D eigenvalue weighted by Crippen LogP contribution is -2.31. The molecule has 1 saturated heterocycles. The van der Waals surface area contributed by atoms with E-state index in [-0.39, 0.29) is 0 Å². The normalized spacial score (nSPS) is 22.4. The molecular weight excluding hydrogens is 464 g/mol. The van der Waals surface area contributed by atoms with Crippen molar-refractivity contribution in [2.75, 3.05) is 13.2 Å². The maximum atomic E-state index is 9.24. The highest BCUT2D eigenvalue weighted by Crippen LogP contribution is 2.46. The minimum Gasteiger partial charge on any atom is -0.381 e. The molecule has 2 aliphatic heterocycles. The van der Waals surface area contributed by atoms with Crippen molar-refractivity contribution in [3.63, 3.8) is 0 Å². The molecule has 6 rings (SSSR count). The van der Waals surface area contributed by atoms with E-state index in [1.807, 2.05) is 42.2 Å². The van der Waals surface area contributed by atoms with Gasteiger partial charge < -0.3 is 10.5 Å². The maximum Gasteiger partial charge on any atom is 0.0991 e. The van der Waals surface area contributed by atoms with Crippen LogP contribution in [0.4, 0.5) is 0 Å². The summed E-state index contributed by atoms with van der Waals surface area (Å²) in [7, 11) is 0. The zero-order chi connectivity index (χ0) is 24.5. The quantitative estimate of drug-likeness (QED) is 0.418. The summed E-state index contributed by atoms with van der Waals surface area (Å²) in [6.07, 6.45) is 9.82. The summed E-state index contributed by atoms with van der Waals surface area (Å²) >= 11 is 1.84. The third kappa shape index (κ3) is 4.81. The second-order valence-electron chi connectivity index (χ2n) is 10.2. The topological polar surface area (TPSA) is 76.9 Å². The van der Waals surface area contributed by atoms with E-state index < -0.39 is 0 Å². The van der Waals surface area contributed by atoms with Gasteiger partial charge in [0.2, 0.25) is 0 Å². The number of ether oxygens (including phenoxy) is 1. The lowest BCUT2D eigenvalue weighted by atomic mass is 9.84. The third-order valence-electron chi connectivity index (χ3n) is 7.58. The van der Waals surface area contributed by atoms with Crippen molar-refractivity contribution in [2.45, 2.75) is 44.7 Å². The van der Waals surface area contributed by atoms with Crippen LogP contribution in [0.2, 0.25) is 0 Å². The minimum atomic E-state index is 0.368. The van der Waals surface area contributed by atoms with Crippen LogP contribution in [0.25, 0.3) is 21.4 Å². The predicted molar refractivity (Wildman–Crippen MR) is 146 cm³/mol.